The number of thioether (sulfide) groups is 1. The van der Waals surface area contributed by atoms with E-state index in [4.69, 9.17) is 5.84 Å². The summed E-state index contributed by atoms with van der Waals surface area (Å²) in [4.78, 5) is 12.6. The Morgan fingerprint density at radius 3 is 2.24 bits per heavy atom. The summed E-state index contributed by atoms with van der Waals surface area (Å²) in [6.45, 7) is 6.15. The molecule has 4 fully saturated rings. The number of nitrogen functional groups attached to an aromatic ring is 1. The number of amides is 1. The normalized spacial score (nSPS) is 33.6. The Bertz CT molecular complexity index is 642. The molecule has 0 unspecified atom stereocenters. The third kappa shape index (κ3) is 3.27. The minimum atomic E-state index is -0.165. The van der Waals surface area contributed by atoms with Crippen molar-refractivity contribution in [3.63, 3.8) is 0 Å². The zero-order valence-corrected chi connectivity index (χ0v) is 16.2. The van der Waals surface area contributed by atoms with Gasteiger partial charge in [-0.25, -0.2) is 4.68 Å². The van der Waals surface area contributed by atoms with Crippen molar-refractivity contribution in [2.45, 2.75) is 75.4 Å². The molecule has 0 aromatic carbocycles. The molecular formula is C18H29N5OS. The van der Waals surface area contributed by atoms with Gasteiger partial charge in [-0.3, -0.25) is 4.79 Å². The molecule has 0 radical (unpaired) electrons. The van der Waals surface area contributed by atoms with Gasteiger partial charge in [-0.1, -0.05) is 32.5 Å². The Morgan fingerprint density at radius 1 is 1.20 bits per heavy atom. The van der Waals surface area contributed by atoms with E-state index in [0.29, 0.717) is 10.9 Å². The molecule has 1 aromatic rings. The van der Waals surface area contributed by atoms with Crippen molar-refractivity contribution in [1.82, 2.24) is 20.2 Å². The van der Waals surface area contributed by atoms with Crippen molar-refractivity contribution in [3.05, 3.63) is 5.82 Å². The molecule has 6 nitrogen and oxygen atoms in total. The Kier molecular flexibility index (Phi) is 4.05. The quantitative estimate of drug-likeness (QED) is 0.634. The van der Waals surface area contributed by atoms with E-state index in [2.05, 4.69) is 36.3 Å². The highest BCUT2D eigenvalue weighted by Gasteiger charge is 2.51. The first-order valence-corrected chi connectivity index (χ1v) is 10.4. The first-order chi connectivity index (χ1) is 11.7. The maximum absolute atomic E-state index is 12.6. The fourth-order valence-corrected chi connectivity index (χ4v) is 6.27. The Morgan fingerprint density at radius 2 is 1.76 bits per heavy atom. The van der Waals surface area contributed by atoms with Gasteiger partial charge in [0.1, 0.15) is 0 Å². The summed E-state index contributed by atoms with van der Waals surface area (Å²) < 4.78 is 1.52. The van der Waals surface area contributed by atoms with Crippen LogP contribution in [0.2, 0.25) is 0 Å². The van der Waals surface area contributed by atoms with Gasteiger partial charge < -0.3 is 11.2 Å². The average Bonchev–Trinajstić information content (AvgIpc) is 2.84. The van der Waals surface area contributed by atoms with Gasteiger partial charge in [0.05, 0.1) is 5.75 Å². The second-order valence-corrected chi connectivity index (χ2v) is 10.4. The Labute approximate surface area is 153 Å². The van der Waals surface area contributed by atoms with Crippen LogP contribution in [0.5, 0.6) is 0 Å². The van der Waals surface area contributed by atoms with Gasteiger partial charge in [-0.15, -0.1) is 10.2 Å². The van der Waals surface area contributed by atoms with Crippen LogP contribution in [0.25, 0.3) is 0 Å². The summed E-state index contributed by atoms with van der Waals surface area (Å²) in [6.07, 6.45) is 7.69. The van der Waals surface area contributed by atoms with E-state index in [1.807, 2.05) is 0 Å². The van der Waals surface area contributed by atoms with Crippen LogP contribution in [0.3, 0.4) is 0 Å². The number of aromatic nitrogens is 3. The van der Waals surface area contributed by atoms with Crippen LogP contribution in [0.1, 0.15) is 65.1 Å². The number of hydrogen-bond acceptors (Lipinski definition) is 5. The second kappa shape index (κ2) is 5.89. The molecule has 1 aromatic heterocycles. The molecule has 5 rings (SSSR count). The summed E-state index contributed by atoms with van der Waals surface area (Å²) in [7, 11) is 0. The number of rotatable bonds is 4. The van der Waals surface area contributed by atoms with Crippen molar-refractivity contribution < 1.29 is 4.79 Å². The van der Waals surface area contributed by atoms with Crippen molar-refractivity contribution in [2.24, 2.45) is 17.8 Å². The average molecular weight is 364 g/mol. The lowest BCUT2D eigenvalue weighted by molar-refractivity contribution is -0.124. The highest BCUT2D eigenvalue weighted by molar-refractivity contribution is 7.99. The third-order valence-electron chi connectivity index (χ3n) is 6.11. The summed E-state index contributed by atoms with van der Waals surface area (Å²) in [5, 5.41) is 12.3. The van der Waals surface area contributed by atoms with E-state index < -0.39 is 0 Å². The second-order valence-electron chi connectivity index (χ2n) is 9.46. The zero-order valence-electron chi connectivity index (χ0n) is 15.4. The maximum atomic E-state index is 12.6. The van der Waals surface area contributed by atoms with E-state index in [1.165, 1.54) is 55.0 Å². The lowest BCUT2D eigenvalue weighted by Gasteiger charge is -2.56. The van der Waals surface area contributed by atoms with Gasteiger partial charge >= 0.3 is 0 Å². The topological polar surface area (TPSA) is 85.8 Å². The number of hydrogen-bond donors (Lipinski definition) is 2. The summed E-state index contributed by atoms with van der Waals surface area (Å²) >= 11 is 1.37. The third-order valence-corrected chi connectivity index (χ3v) is 7.05. The first kappa shape index (κ1) is 17.2. The maximum Gasteiger partial charge on any atom is 0.230 e. The highest BCUT2D eigenvalue weighted by atomic mass is 32.2. The lowest BCUT2D eigenvalue weighted by atomic mass is 9.53. The molecule has 4 bridgehead atoms. The zero-order chi connectivity index (χ0) is 17.8. The number of nitrogens with zero attached hydrogens (tertiary/aromatic N) is 3. The lowest BCUT2D eigenvalue weighted by Crippen LogP contribution is -2.60. The molecule has 25 heavy (non-hydrogen) atoms. The van der Waals surface area contributed by atoms with Crippen LogP contribution >= 0.6 is 11.8 Å². The summed E-state index contributed by atoms with van der Waals surface area (Å²) in [5.74, 6) is 9.79. The predicted octanol–water partition coefficient (Wildman–Crippen LogP) is 2.47. The van der Waals surface area contributed by atoms with Crippen LogP contribution in [-0.2, 0) is 10.2 Å². The van der Waals surface area contributed by atoms with E-state index in [9.17, 15) is 4.79 Å². The molecular weight excluding hydrogens is 334 g/mol. The molecule has 1 amide bonds. The molecule has 4 saturated carbocycles. The molecule has 138 valence electrons. The number of carbonyl (C=O) groups excluding carboxylic acids is 1. The van der Waals surface area contributed by atoms with Gasteiger partial charge in [0.15, 0.2) is 5.82 Å². The Balaban J connectivity index is 1.37. The van der Waals surface area contributed by atoms with Gasteiger partial charge in [-0.05, 0) is 56.3 Å². The van der Waals surface area contributed by atoms with Crippen LogP contribution in [-0.4, -0.2) is 32.1 Å². The molecule has 0 aliphatic heterocycles. The molecule has 0 atom stereocenters. The predicted molar refractivity (Wildman–Crippen MR) is 98.6 cm³/mol. The van der Waals surface area contributed by atoms with Crippen LogP contribution < -0.4 is 11.2 Å². The van der Waals surface area contributed by atoms with Crippen LogP contribution in [0, 0.1) is 17.8 Å². The molecule has 1 heterocycles. The van der Waals surface area contributed by atoms with E-state index in [-0.39, 0.29) is 16.9 Å². The monoisotopic (exact) mass is 363 g/mol. The number of nitrogens with one attached hydrogen (secondary N) is 1. The van der Waals surface area contributed by atoms with Gasteiger partial charge in [0, 0.05) is 11.0 Å². The van der Waals surface area contributed by atoms with Crippen LogP contribution in [0.15, 0.2) is 5.16 Å². The van der Waals surface area contributed by atoms with Crippen molar-refractivity contribution >= 4 is 17.7 Å². The Hall–Kier alpha value is -1.24. The molecule has 0 saturated heterocycles. The SMILES string of the molecule is CC(C)(C)c1nnc(SCC(=O)NC23CC4CC(CC(C4)C2)C3)n1N. The fraction of sp³-hybridized carbons (Fsp3) is 0.833. The van der Waals surface area contributed by atoms with Gasteiger partial charge in [0.25, 0.3) is 0 Å². The number of carbonyl (C=O) groups is 1. The molecule has 7 heteroatoms. The van der Waals surface area contributed by atoms with Gasteiger partial charge in [-0.2, -0.15) is 0 Å². The first-order valence-electron chi connectivity index (χ1n) is 9.39. The van der Waals surface area contributed by atoms with E-state index >= 15 is 0 Å². The fourth-order valence-electron chi connectivity index (χ4n) is 5.61. The largest absolute Gasteiger partial charge is 0.350 e. The summed E-state index contributed by atoms with van der Waals surface area (Å²) in [5.41, 5.74) is -0.0959. The smallest absolute Gasteiger partial charge is 0.230 e. The molecule has 4 aliphatic rings. The number of nitrogens with two attached hydrogens (primary N) is 1. The van der Waals surface area contributed by atoms with Gasteiger partial charge in [0.2, 0.25) is 11.1 Å². The highest BCUT2D eigenvalue weighted by Crippen LogP contribution is 2.55. The standard InChI is InChI=1S/C18H29N5OS/c1-17(2,3)15-21-22-16(23(15)19)25-10-14(24)20-18-7-11-4-12(8-18)6-13(5-11)9-18/h11-13H,4-10,19H2,1-3H3,(H,20,24). The van der Waals surface area contributed by atoms with Crippen LogP contribution in [0.4, 0.5) is 0 Å². The molecule has 0 spiro atoms. The summed E-state index contributed by atoms with van der Waals surface area (Å²) in [6, 6.07) is 0. The molecule has 4 aliphatic carbocycles. The molecule has 3 N–H and O–H groups in total. The van der Waals surface area contributed by atoms with E-state index in [0.717, 1.165) is 23.6 Å². The van der Waals surface area contributed by atoms with E-state index in [1.54, 1.807) is 0 Å². The van der Waals surface area contributed by atoms with Crippen molar-refractivity contribution in [1.29, 1.82) is 0 Å². The minimum absolute atomic E-state index is 0.0688. The van der Waals surface area contributed by atoms with Crippen molar-refractivity contribution in [3.8, 4) is 0 Å². The van der Waals surface area contributed by atoms with Crippen molar-refractivity contribution in [2.75, 3.05) is 11.6 Å². The minimum Gasteiger partial charge on any atom is -0.350 e.